The molecule has 1 aliphatic rings. The van der Waals surface area contributed by atoms with E-state index < -0.39 is 34.5 Å². The maximum Gasteiger partial charge on any atom is 0.337 e. The van der Waals surface area contributed by atoms with Crippen molar-refractivity contribution < 1.29 is 27.9 Å². The first kappa shape index (κ1) is 17.1. The number of carbonyl (C=O) groups is 2. The van der Waals surface area contributed by atoms with E-state index in [0.717, 1.165) is 6.07 Å². The molecule has 0 aliphatic carbocycles. The van der Waals surface area contributed by atoms with E-state index in [2.05, 4.69) is 4.74 Å². The Morgan fingerprint density at radius 1 is 1.20 bits per heavy atom. The number of methoxy groups -OCH3 is 1. The molecular weight excluding hydrogens is 346 g/mol. The summed E-state index contributed by atoms with van der Waals surface area (Å²) in [6.07, 6.45) is -1.16. The maximum absolute atomic E-state index is 12.7. The summed E-state index contributed by atoms with van der Waals surface area (Å²) in [7, 11) is -2.97. The Kier molecular flexibility index (Phi) is 4.32. The largest absolute Gasteiger partial charge is 0.465 e. The van der Waals surface area contributed by atoms with Crippen LogP contribution < -0.4 is 0 Å². The second-order valence-electron chi connectivity index (χ2n) is 5.47. The molecule has 130 valence electrons. The van der Waals surface area contributed by atoms with Crippen molar-refractivity contribution in [3.8, 4) is 0 Å². The van der Waals surface area contributed by atoms with Crippen LogP contribution >= 0.6 is 0 Å². The van der Waals surface area contributed by atoms with Gasteiger partial charge in [-0.25, -0.2) is 17.5 Å². The van der Waals surface area contributed by atoms with E-state index in [1.54, 1.807) is 30.3 Å². The minimum Gasteiger partial charge on any atom is -0.465 e. The Hall–Kier alpha value is -2.71. The lowest BCUT2D eigenvalue weighted by molar-refractivity contribution is 0.0600. The second kappa shape index (κ2) is 6.30. The molecule has 2 aromatic carbocycles. The third kappa shape index (κ3) is 2.90. The van der Waals surface area contributed by atoms with E-state index in [1.165, 1.54) is 19.2 Å². The summed E-state index contributed by atoms with van der Waals surface area (Å²) in [4.78, 5) is 23.8. The quantitative estimate of drug-likeness (QED) is 0.825. The summed E-state index contributed by atoms with van der Waals surface area (Å²) in [5.74, 6) is -1.44. The molecule has 1 atom stereocenters. The summed E-state index contributed by atoms with van der Waals surface area (Å²) < 4.78 is 30.5. The molecule has 8 heteroatoms. The predicted octanol–water partition coefficient (Wildman–Crippen LogP) is 1.35. The highest BCUT2D eigenvalue weighted by molar-refractivity contribution is 7.90. The highest BCUT2D eigenvalue weighted by atomic mass is 32.2. The van der Waals surface area contributed by atoms with Crippen molar-refractivity contribution in [2.24, 2.45) is 0 Å². The summed E-state index contributed by atoms with van der Waals surface area (Å²) >= 11 is 0. The number of β-amino-alcohol motifs (C(OH)–C–C–N with tert-alkyl or cyclic N) is 1. The molecule has 1 aliphatic heterocycles. The van der Waals surface area contributed by atoms with Crippen LogP contribution in [0, 0.1) is 0 Å². The molecule has 0 spiro atoms. The van der Waals surface area contributed by atoms with Gasteiger partial charge in [-0.05, 0) is 23.8 Å². The Morgan fingerprint density at radius 3 is 2.52 bits per heavy atom. The molecular formula is C17H15NO6S. The number of benzene rings is 2. The smallest absolute Gasteiger partial charge is 0.337 e. The van der Waals surface area contributed by atoms with Crippen molar-refractivity contribution in [1.82, 2.24) is 4.31 Å². The van der Waals surface area contributed by atoms with Crippen molar-refractivity contribution in [3.63, 3.8) is 0 Å². The Morgan fingerprint density at radius 2 is 1.88 bits per heavy atom. The highest BCUT2D eigenvalue weighted by Gasteiger charge is 2.42. The lowest BCUT2D eigenvalue weighted by Gasteiger charge is -2.19. The Balaban J connectivity index is 1.95. The fraction of sp³-hybridized carbons (Fsp3) is 0.176. The van der Waals surface area contributed by atoms with E-state index in [1.807, 2.05) is 0 Å². The molecule has 0 saturated carbocycles. The van der Waals surface area contributed by atoms with Crippen LogP contribution in [0.5, 0.6) is 0 Å². The zero-order valence-electron chi connectivity index (χ0n) is 13.2. The van der Waals surface area contributed by atoms with E-state index in [4.69, 9.17) is 0 Å². The lowest BCUT2D eigenvalue weighted by Crippen LogP contribution is -2.34. The number of esters is 1. The Labute approximate surface area is 144 Å². The molecule has 0 fully saturated rings. The molecule has 7 nitrogen and oxygen atoms in total. The van der Waals surface area contributed by atoms with Crippen molar-refractivity contribution in [2.45, 2.75) is 11.0 Å². The Bertz CT molecular complexity index is 939. The van der Waals surface area contributed by atoms with Gasteiger partial charge in [-0.3, -0.25) is 4.79 Å². The lowest BCUT2D eigenvalue weighted by atomic mass is 10.1. The van der Waals surface area contributed by atoms with Crippen LogP contribution in [0.3, 0.4) is 0 Å². The van der Waals surface area contributed by atoms with Gasteiger partial charge in [0.2, 0.25) is 0 Å². The number of fused-ring (bicyclic) bond motifs is 1. The fourth-order valence-electron chi connectivity index (χ4n) is 2.64. The molecule has 3 rings (SSSR count). The minimum absolute atomic E-state index is 0.0306. The summed E-state index contributed by atoms with van der Waals surface area (Å²) in [5.41, 5.74) is 0.493. The van der Waals surface area contributed by atoms with Crippen LogP contribution in [0.2, 0.25) is 0 Å². The molecule has 0 bridgehead atoms. The SMILES string of the molecule is COC(=O)c1ccc2c(c1)S(=O)(=O)N(C[C@@H](O)c1ccccc1)C2=O. The van der Waals surface area contributed by atoms with Crippen LogP contribution in [-0.4, -0.2) is 43.4 Å². The molecule has 0 aromatic heterocycles. The van der Waals surface area contributed by atoms with E-state index in [9.17, 15) is 23.1 Å². The second-order valence-corrected chi connectivity index (χ2v) is 7.30. The number of hydrogen-bond acceptors (Lipinski definition) is 6. The van der Waals surface area contributed by atoms with Gasteiger partial charge in [0.1, 0.15) is 4.90 Å². The van der Waals surface area contributed by atoms with Gasteiger partial charge in [-0.15, -0.1) is 0 Å². The van der Waals surface area contributed by atoms with Crippen LogP contribution in [0.25, 0.3) is 0 Å². The number of aliphatic hydroxyl groups excluding tert-OH is 1. The molecule has 2 aromatic rings. The van der Waals surface area contributed by atoms with Crippen molar-refractivity contribution in [3.05, 3.63) is 65.2 Å². The van der Waals surface area contributed by atoms with E-state index >= 15 is 0 Å². The average molecular weight is 361 g/mol. The minimum atomic E-state index is -4.15. The molecule has 25 heavy (non-hydrogen) atoms. The van der Waals surface area contributed by atoms with E-state index in [0.29, 0.717) is 9.87 Å². The normalized spacial score (nSPS) is 16.4. The van der Waals surface area contributed by atoms with Crippen LogP contribution in [0.4, 0.5) is 0 Å². The van der Waals surface area contributed by atoms with Crippen LogP contribution in [-0.2, 0) is 14.8 Å². The van der Waals surface area contributed by atoms with Gasteiger partial charge in [-0.1, -0.05) is 30.3 Å². The number of nitrogens with zero attached hydrogens (tertiary/aromatic N) is 1. The molecule has 1 heterocycles. The fourth-order valence-corrected chi connectivity index (χ4v) is 4.24. The van der Waals surface area contributed by atoms with Crippen LogP contribution in [0.15, 0.2) is 53.4 Å². The van der Waals surface area contributed by atoms with Gasteiger partial charge in [0.15, 0.2) is 0 Å². The van der Waals surface area contributed by atoms with Gasteiger partial charge >= 0.3 is 5.97 Å². The molecule has 0 unspecified atom stereocenters. The summed E-state index contributed by atoms with van der Waals surface area (Å²) in [6.45, 7) is -0.409. The average Bonchev–Trinajstić information content (AvgIpc) is 2.82. The van der Waals surface area contributed by atoms with Crippen LogP contribution in [0.1, 0.15) is 32.4 Å². The predicted molar refractivity (Wildman–Crippen MR) is 87.4 cm³/mol. The number of amides is 1. The summed E-state index contributed by atoms with van der Waals surface area (Å²) in [5, 5.41) is 10.3. The van der Waals surface area contributed by atoms with E-state index in [-0.39, 0.29) is 16.0 Å². The molecule has 0 saturated heterocycles. The van der Waals surface area contributed by atoms with Gasteiger partial charge < -0.3 is 9.84 Å². The van der Waals surface area contributed by atoms with Gasteiger partial charge in [0.05, 0.1) is 30.9 Å². The number of ether oxygens (including phenoxy) is 1. The highest BCUT2D eigenvalue weighted by Crippen LogP contribution is 2.32. The first-order valence-corrected chi connectivity index (χ1v) is 8.82. The number of aliphatic hydroxyl groups is 1. The number of hydrogen-bond donors (Lipinski definition) is 1. The number of rotatable bonds is 4. The van der Waals surface area contributed by atoms with Gasteiger partial charge in [0.25, 0.3) is 15.9 Å². The zero-order valence-corrected chi connectivity index (χ0v) is 14.1. The van der Waals surface area contributed by atoms with Gasteiger partial charge in [0, 0.05) is 0 Å². The van der Waals surface area contributed by atoms with Crippen molar-refractivity contribution >= 4 is 21.9 Å². The molecule has 1 N–H and O–H groups in total. The third-order valence-corrected chi connectivity index (χ3v) is 5.74. The van der Waals surface area contributed by atoms with Gasteiger partial charge in [-0.2, -0.15) is 0 Å². The summed E-state index contributed by atoms with van der Waals surface area (Å²) in [6, 6.07) is 12.2. The number of carbonyl (C=O) groups excluding carboxylic acids is 2. The topological polar surface area (TPSA) is 101 Å². The monoisotopic (exact) mass is 361 g/mol. The van der Waals surface area contributed by atoms with Crippen molar-refractivity contribution in [1.29, 1.82) is 0 Å². The number of sulfonamides is 1. The zero-order chi connectivity index (χ0) is 18.2. The third-order valence-electron chi connectivity index (χ3n) is 3.95. The van der Waals surface area contributed by atoms with Crippen molar-refractivity contribution in [2.75, 3.05) is 13.7 Å². The first-order valence-electron chi connectivity index (χ1n) is 7.38. The first-order chi connectivity index (χ1) is 11.9. The standard InChI is InChI=1S/C17H15NO6S/c1-24-17(21)12-7-8-13-15(9-12)25(22,23)18(16(13)20)10-14(19)11-5-3-2-4-6-11/h2-9,14,19H,10H2,1H3/t14-/m1/s1. The maximum atomic E-state index is 12.7. The molecule has 1 amide bonds. The molecule has 0 radical (unpaired) electrons.